The highest BCUT2D eigenvalue weighted by atomic mass is 79.9. The van der Waals surface area contributed by atoms with E-state index in [1.807, 2.05) is 0 Å². The molecule has 0 saturated carbocycles. The molecule has 3 heteroatoms. The number of rotatable bonds is 1. The van der Waals surface area contributed by atoms with Crippen LogP contribution >= 0.6 is 15.9 Å². The summed E-state index contributed by atoms with van der Waals surface area (Å²) in [5.74, 6) is 0.682. The fourth-order valence-electron chi connectivity index (χ4n) is 3.03. The normalized spacial score (nSPS) is 27.8. The van der Waals surface area contributed by atoms with Gasteiger partial charge in [-0.1, -0.05) is 22.0 Å². The van der Waals surface area contributed by atoms with Gasteiger partial charge in [0.1, 0.15) is 0 Å². The highest BCUT2D eigenvalue weighted by Gasteiger charge is 2.34. The predicted molar refractivity (Wildman–Crippen MR) is 70.8 cm³/mol. The second-order valence-electron chi connectivity index (χ2n) is 4.96. The average Bonchev–Trinajstić information content (AvgIpc) is 2.66. The molecule has 2 nitrogen and oxygen atoms in total. The Balaban J connectivity index is 1.92. The van der Waals surface area contributed by atoms with E-state index in [9.17, 15) is 0 Å². The van der Waals surface area contributed by atoms with E-state index in [1.165, 1.54) is 35.0 Å². The molecule has 1 aromatic carbocycles. The number of fused-ring (bicyclic) bond motifs is 3. The maximum atomic E-state index is 5.80. The summed E-state index contributed by atoms with van der Waals surface area (Å²) in [5.41, 5.74) is 8.73. The van der Waals surface area contributed by atoms with Crippen LogP contribution in [-0.4, -0.2) is 19.1 Å². The zero-order chi connectivity index (χ0) is 11.1. The van der Waals surface area contributed by atoms with E-state index in [-0.39, 0.29) is 0 Å². The fraction of sp³-hybridized carbons (Fsp3) is 0.538. The van der Waals surface area contributed by atoms with Crippen molar-refractivity contribution < 1.29 is 0 Å². The molecule has 0 radical (unpaired) electrons. The van der Waals surface area contributed by atoms with Crippen LogP contribution in [0.25, 0.3) is 0 Å². The smallest absolute Gasteiger partial charge is 0.0413 e. The summed E-state index contributed by atoms with van der Waals surface area (Å²) in [7, 11) is 0. The minimum atomic E-state index is 0.682. The van der Waals surface area contributed by atoms with Gasteiger partial charge in [-0.2, -0.15) is 0 Å². The third-order valence-corrected chi connectivity index (χ3v) is 4.44. The molecule has 2 unspecified atom stereocenters. The van der Waals surface area contributed by atoms with Crippen LogP contribution in [0.3, 0.4) is 0 Å². The molecule has 3 rings (SSSR count). The van der Waals surface area contributed by atoms with Crippen molar-refractivity contribution in [3.05, 3.63) is 28.2 Å². The molecule has 0 spiro atoms. The Labute approximate surface area is 105 Å². The second kappa shape index (κ2) is 4.04. The summed E-state index contributed by atoms with van der Waals surface area (Å²) in [6.07, 6.45) is 3.82. The molecule has 2 N–H and O–H groups in total. The number of benzene rings is 1. The lowest BCUT2D eigenvalue weighted by atomic mass is 9.93. The van der Waals surface area contributed by atoms with E-state index < -0.39 is 0 Å². The minimum absolute atomic E-state index is 0.682. The van der Waals surface area contributed by atoms with Gasteiger partial charge in [0, 0.05) is 22.7 Å². The second-order valence-corrected chi connectivity index (χ2v) is 5.88. The monoisotopic (exact) mass is 280 g/mol. The molecule has 86 valence electrons. The lowest BCUT2D eigenvalue weighted by Crippen LogP contribution is -2.43. The molecule has 0 bridgehead atoms. The Morgan fingerprint density at radius 1 is 1.38 bits per heavy atom. The number of piperidine rings is 1. The zero-order valence-electron chi connectivity index (χ0n) is 9.32. The Morgan fingerprint density at radius 3 is 3.06 bits per heavy atom. The highest BCUT2D eigenvalue weighted by molar-refractivity contribution is 9.10. The van der Waals surface area contributed by atoms with Gasteiger partial charge in [-0.3, -0.25) is 0 Å². The van der Waals surface area contributed by atoms with Gasteiger partial charge in [0.05, 0.1) is 0 Å². The summed E-state index contributed by atoms with van der Waals surface area (Å²) < 4.78 is 1.18. The Kier molecular flexibility index (Phi) is 2.68. The highest BCUT2D eigenvalue weighted by Crippen LogP contribution is 2.39. The van der Waals surface area contributed by atoms with Gasteiger partial charge >= 0.3 is 0 Å². The van der Waals surface area contributed by atoms with Gasteiger partial charge in [0.25, 0.3) is 0 Å². The number of anilines is 1. The van der Waals surface area contributed by atoms with Gasteiger partial charge in [-0.25, -0.2) is 0 Å². The number of hydrogen-bond donors (Lipinski definition) is 1. The van der Waals surface area contributed by atoms with Gasteiger partial charge in [-0.05, 0) is 49.4 Å². The van der Waals surface area contributed by atoms with E-state index in [4.69, 9.17) is 5.73 Å². The van der Waals surface area contributed by atoms with Crippen molar-refractivity contribution in [3.63, 3.8) is 0 Å². The molecule has 2 aliphatic heterocycles. The summed E-state index contributed by atoms with van der Waals surface area (Å²) in [4.78, 5) is 2.57. The Hall–Kier alpha value is -0.540. The largest absolute Gasteiger partial charge is 0.368 e. The molecular formula is C13H17BrN2. The molecular weight excluding hydrogens is 264 g/mol. The SMILES string of the molecule is NCC1CCC2Cc3ccc(Br)cc3N2C1. The molecule has 1 fully saturated rings. The summed E-state index contributed by atoms with van der Waals surface area (Å²) >= 11 is 3.56. The van der Waals surface area contributed by atoms with Crippen LogP contribution in [0.1, 0.15) is 18.4 Å². The van der Waals surface area contributed by atoms with Gasteiger partial charge < -0.3 is 10.6 Å². The summed E-state index contributed by atoms with van der Waals surface area (Å²) in [6, 6.07) is 7.40. The van der Waals surface area contributed by atoms with Gasteiger partial charge in [-0.15, -0.1) is 0 Å². The van der Waals surface area contributed by atoms with E-state index in [0.717, 1.165) is 19.1 Å². The molecule has 0 aliphatic carbocycles. The minimum Gasteiger partial charge on any atom is -0.368 e. The van der Waals surface area contributed by atoms with E-state index >= 15 is 0 Å². The number of nitrogens with zero attached hydrogens (tertiary/aromatic N) is 1. The van der Waals surface area contributed by atoms with Crippen LogP contribution in [0.4, 0.5) is 5.69 Å². The van der Waals surface area contributed by atoms with Crippen LogP contribution in [0, 0.1) is 5.92 Å². The van der Waals surface area contributed by atoms with Crippen molar-refractivity contribution in [2.45, 2.75) is 25.3 Å². The van der Waals surface area contributed by atoms with Crippen molar-refractivity contribution in [1.82, 2.24) is 0 Å². The quantitative estimate of drug-likeness (QED) is 0.857. The third-order valence-electron chi connectivity index (χ3n) is 3.95. The van der Waals surface area contributed by atoms with E-state index in [0.29, 0.717) is 5.92 Å². The number of hydrogen-bond acceptors (Lipinski definition) is 2. The molecule has 0 amide bonds. The van der Waals surface area contributed by atoms with Crippen LogP contribution in [-0.2, 0) is 6.42 Å². The van der Waals surface area contributed by atoms with Crippen molar-refractivity contribution >= 4 is 21.6 Å². The lowest BCUT2D eigenvalue weighted by molar-refractivity contribution is 0.371. The summed E-state index contributed by atoms with van der Waals surface area (Å²) in [6.45, 7) is 1.97. The van der Waals surface area contributed by atoms with Crippen molar-refractivity contribution in [1.29, 1.82) is 0 Å². The Bertz CT molecular complexity index is 405. The average molecular weight is 281 g/mol. The maximum absolute atomic E-state index is 5.80. The summed E-state index contributed by atoms with van der Waals surface area (Å²) in [5, 5.41) is 0. The Morgan fingerprint density at radius 2 is 2.25 bits per heavy atom. The van der Waals surface area contributed by atoms with Gasteiger partial charge in [0.15, 0.2) is 0 Å². The molecule has 0 aromatic heterocycles. The maximum Gasteiger partial charge on any atom is 0.0413 e. The van der Waals surface area contributed by atoms with E-state index in [2.05, 4.69) is 39.0 Å². The van der Waals surface area contributed by atoms with Crippen molar-refractivity contribution in [2.75, 3.05) is 18.0 Å². The first-order valence-corrected chi connectivity index (χ1v) is 6.82. The van der Waals surface area contributed by atoms with Gasteiger partial charge in [0.2, 0.25) is 0 Å². The third kappa shape index (κ3) is 1.66. The molecule has 2 aliphatic rings. The van der Waals surface area contributed by atoms with Crippen LogP contribution < -0.4 is 10.6 Å². The standard InChI is InChI=1S/C13H17BrN2/c14-11-3-2-10-5-12-4-1-9(7-15)8-16(12)13(10)6-11/h2-3,6,9,12H,1,4-5,7-8,15H2. The lowest BCUT2D eigenvalue weighted by Gasteiger charge is -2.36. The first kappa shape index (κ1) is 10.6. The first-order valence-electron chi connectivity index (χ1n) is 6.03. The number of halogens is 1. The molecule has 2 atom stereocenters. The topological polar surface area (TPSA) is 29.3 Å². The van der Waals surface area contributed by atoms with Crippen molar-refractivity contribution in [3.8, 4) is 0 Å². The fourth-order valence-corrected chi connectivity index (χ4v) is 3.38. The number of nitrogens with two attached hydrogens (primary N) is 1. The van der Waals surface area contributed by atoms with Crippen LogP contribution in [0.15, 0.2) is 22.7 Å². The predicted octanol–water partition coefficient (Wildman–Crippen LogP) is 2.55. The molecule has 2 heterocycles. The van der Waals surface area contributed by atoms with Crippen LogP contribution in [0.5, 0.6) is 0 Å². The first-order chi connectivity index (χ1) is 7.78. The van der Waals surface area contributed by atoms with Crippen LogP contribution in [0.2, 0.25) is 0 Å². The zero-order valence-corrected chi connectivity index (χ0v) is 10.9. The van der Waals surface area contributed by atoms with Crippen molar-refractivity contribution in [2.24, 2.45) is 11.7 Å². The molecule has 16 heavy (non-hydrogen) atoms. The molecule has 1 aromatic rings. The van der Waals surface area contributed by atoms with E-state index in [1.54, 1.807) is 0 Å². The molecule has 1 saturated heterocycles.